The molecule has 0 amide bonds. The molecule has 0 aromatic carbocycles. The molecule has 1 rings (SSSR count). The van der Waals surface area contributed by atoms with Gasteiger partial charge in [-0.05, 0) is 6.07 Å². The quantitative estimate of drug-likeness (QED) is 0.832. The van der Waals surface area contributed by atoms with Gasteiger partial charge in [0.15, 0.2) is 5.82 Å². The van der Waals surface area contributed by atoms with Crippen LogP contribution in [0, 0.1) is 0 Å². The lowest BCUT2D eigenvalue weighted by molar-refractivity contribution is -0.137. The lowest BCUT2D eigenvalue weighted by Gasteiger charge is -2.09. The number of aromatic nitrogens is 1. The first kappa shape index (κ1) is 12.8. The number of halogens is 3. The van der Waals surface area contributed by atoms with Crippen LogP contribution in [0.25, 0.3) is 0 Å². The highest BCUT2D eigenvalue weighted by atomic mass is 32.2. The Labute approximate surface area is 90.9 Å². The summed E-state index contributed by atoms with van der Waals surface area (Å²) < 4.78 is 52.4. The zero-order chi connectivity index (χ0) is 12.6. The number of hydrogen-bond donors (Lipinski definition) is 1. The maximum absolute atomic E-state index is 12.6. The van der Waals surface area contributed by atoms with Crippen LogP contribution >= 0.6 is 0 Å². The standard InChI is InChI=1S/C8H10F3N3OS/c1-16(2,15)14-7-6(8(9,10)11)3-5(12)4-13-7/h3-4H,12H2,1-2H3. The van der Waals surface area contributed by atoms with E-state index in [1.165, 1.54) is 12.5 Å². The molecule has 16 heavy (non-hydrogen) atoms. The third kappa shape index (κ3) is 3.37. The Hall–Kier alpha value is -1.31. The van der Waals surface area contributed by atoms with Crippen molar-refractivity contribution in [2.75, 3.05) is 18.2 Å². The second kappa shape index (κ2) is 3.93. The topological polar surface area (TPSA) is 68.3 Å². The molecule has 1 aromatic rings. The molecule has 4 nitrogen and oxygen atoms in total. The van der Waals surface area contributed by atoms with E-state index < -0.39 is 27.3 Å². The monoisotopic (exact) mass is 253 g/mol. The van der Waals surface area contributed by atoms with E-state index in [4.69, 9.17) is 5.73 Å². The van der Waals surface area contributed by atoms with Crippen LogP contribution < -0.4 is 5.73 Å². The Morgan fingerprint density at radius 1 is 1.44 bits per heavy atom. The van der Waals surface area contributed by atoms with Crippen LogP contribution in [0.5, 0.6) is 0 Å². The van der Waals surface area contributed by atoms with Gasteiger partial charge in [-0.25, -0.2) is 9.19 Å². The van der Waals surface area contributed by atoms with E-state index in [9.17, 15) is 17.4 Å². The molecule has 0 radical (unpaired) electrons. The average Bonchev–Trinajstić information content (AvgIpc) is 2.04. The Morgan fingerprint density at radius 2 is 2.00 bits per heavy atom. The van der Waals surface area contributed by atoms with Crippen LogP contribution in [0.2, 0.25) is 0 Å². The molecule has 0 spiro atoms. The van der Waals surface area contributed by atoms with Gasteiger partial charge in [0.05, 0.1) is 11.9 Å². The zero-order valence-corrected chi connectivity index (χ0v) is 9.39. The molecule has 8 heteroatoms. The van der Waals surface area contributed by atoms with Crippen molar-refractivity contribution in [3.63, 3.8) is 0 Å². The number of anilines is 1. The first-order valence-electron chi connectivity index (χ1n) is 4.09. The van der Waals surface area contributed by atoms with Crippen molar-refractivity contribution < 1.29 is 17.4 Å². The number of rotatable bonds is 1. The van der Waals surface area contributed by atoms with Crippen LogP contribution in [0.15, 0.2) is 16.6 Å². The van der Waals surface area contributed by atoms with Gasteiger partial charge in [0.2, 0.25) is 0 Å². The van der Waals surface area contributed by atoms with E-state index in [-0.39, 0.29) is 5.69 Å². The number of hydrogen-bond acceptors (Lipinski definition) is 4. The molecule has 0 saturated heterocycles. The highest BCUT2D eigenvalue weighted by Crippen LogP contribution is 2.36. The van der Waals surface area contributed by atoms with Gasteiger partial charge in [-0.15, -0.1) is 0 Å². The maximum atomic E-state index is 12.6. The number of pyridine rings is 1. The average molecular weight is 253 g/mol. The predicted molar refractivity (Wildman–Crippen MR) is 55.7 cm³/mol. The Balaban J connectivity index is 3.48. The third-order valence-corrected chi connectivity index (χ3v) is 2.11. The van der Waals surface area contributed by atoms with Crippen molar-refractivity contribution in [2.45, 2.75) is 6.18 Å². The Kier molecular flexibility index (Phi) is 3.13. The minimum absolute atomic E-state index is 0.120. The summed E-state index contributed by atoms with van der Waals surface area (Å²) in [6.07, 6.45) is -1.12. The van der Waals surface area contributed by atoms with E-state index in [0.717, 1.165) is 12.3 Å². The van der Waals surface area contributed by atoms with E-state index >= 15 is 0 Å². The van der Waals surface area contributed by atoms with Crippen LogP contribution in [0.1, 0.15) is 5.56 Å². The van der Waals surface area contributed by atoms with Crippen molar-refractivity contribution in [1.82, 2.24) is 4.98 Å². The van der Waals surface area contributed by atoms with Gasteiger partial charge in [-0.3, -0.25) is 0 Å². The van der Waals surface area contributed by atoms with E-state index in [1.54, 1.807) is 0 Å². The molecular weight excluding hydrogens is 243 g/mol. The number of nitrogens with two attached hydrogens (primary N) is 1. The van der Waals surface area contributed by atoms with E-state index in [2.05, 4.69) is 9.35 Å². The summed E-state index contributed by atoms with van der Waals surface area (Å²) in [4.78, 5) is 3.44. The lowest BCUT2D eigenvalue weighted by Crippen LogP contribution is -2.08. The number of alkyl halides is 3. The fourth-order valence-corrected chi connectivity index (χ4v) is 1.53. The smallest absolute Gasteiger partial charge is 0.397 e. The van der Waals surface area contributed by atoms with Gasteiger partial charge < -0.3 is 5.73 Å². The minimum Gasteiger partial charge on any atom is -0.397 e. The summed E-state index contributed by atoms with van der Waals surface area (Å²) >= 11 is 0. The van der Waals surface area contributed by atoms with Gasteiger partial charge >= 0.3 is 6.18 Å². The molecule has 0 aliphatic heterocycles. The third-order valence-electron chi connectivity index (χ3n) is 1.50. The summed E-state index contributed by atoms with van der Waals surface area (Å²) in [6.45, 7) is 0. The molecule has 0 fully saturated rings. The largest absolute Gasteiger partial charge is 0.420 e. The second-order valence-corrected chi connectivity index (χ2v) is 5.96. The number of nitrogens with zero attached hydrogens (tertiary/aromatic N) is 2. The molecule has 0 unspecified atom stereocenters. The predicted octanol–water partition coefficient (Wildman–Crippen LogP) is 2.04. The maximum Gasteiger partial charge on any atom is 0.420 e. The van der Waals surface area contributed by atoms with Gasteiger partial charge in [-0.1, -0.05) is 0 Å². The molecule has 0 bridgehead atoms. The fraction of sp³-hybridized carbons (Fsp3) is 0.375. The Bertz CT molecular complexity index is 510. The zero-order valence-electron chi connectivity index (χ0n) is 8.58. The van der Waals surface area contributed by atoms with Crippen molar-refractivity contribution in [2.24, 2.45) is 4.36 Å². The Morgan fingerprint density at radius 3 is 2.44 bits per heavy atom. The number of nitrogen functional groups attached to an aromatic ring is 1. The van der Waals surface area contributed by atoms with Gasteiger partial charge in [-0.2, -0.15) is 17.5 Å². The molecule has 90 valence electrons. The van der Waals surface area contributed by atoms with Gasteiger partial charge in [0.1, 0.15) is 5.56 Å². The van der Waals surface area contributed by atoms with Gasteiger partial charge in [0.25, 0.3) is 0 Å². The van der Waals surface area contributed by atoms with Crippen LogP contribution in [0.3, 0.4) is 0 Å². The normalized spacial score (nSPS) is 12.6. The molecule has 0 atom stereocenters. The van der Waals surface area contributed by atoms with E-state index in [1.807, 2.05) is 0 Å². The lowest BCUT2D eigenvalue weighted by atomic mass is 10.2. The van der Waals surface area contributed by atoms with Crippen LogP contribution in [-0.2, 0) is 15.9 Å². The summed E-state index contributed by atoms with van der Waals surface area (Å²) in [5, 5.41) is 0. The molecule has 1 heterocycles. The van der Waals surface area contributed by atoms with Crippen molar-refractivity contribution in [3.8, 4) is 0 Å². The highest BCUT2D eigenvalue weighted by Gasteiger charge is 2.34. The molecule has 0 aliphatic carbocycles. The minimum atomic E-state index is -4.62. The van der Waals surface area contributed by atoms with Crippen molar-refractivity contribution in [1.29, 1.82) is 0 Å². The van der Waals surface area contributed by atoms with E-state index in [0.29, 0.717) is 0 Å². The molecule has 0 aliphatic rings. The van der Waals surface area contributed by atoms with Crippen LogP contribution in [0.4, 0.5) is 24.7 Å². The SMILES string of the molecule is CS(C)(=O)=Nc1ncc(N)cc1C(F)(F)F. The van der Waals surface area contributed by atoms with Crippen molar-refractivity contribution in [3.05, 3.63) is 17.8 Å². The summed E-state index contributed by atoms with van der Waals surface area (Å²) in [5.41, 5.74) is 4.01. The first-order valence-corrected chi connectivity index (χ1v) is 6.42. The molecule has 1 aromatic heterocycles. The summed E-state index contributed by atoms with van der Waals surface area (Å²) in [7, 11) is -2.70. The second-order valence-electron chi connectivity index (χ2n) is 3.41. The van der Waals surface area contributed by atoms with Crippen molar-refractivity contribution >= 4 is 21.2 Å². The molecule has 2 N–H and O–H groups in total. The van der Waals surface area contributed by atoms with Crippen LogP contribution in [-0.4, -0.2) is 21.7 Å². The fourth-order valence-electron chi connectivity index (χ4n) is 0.963. The van der Waals surface area contributed by atoms with Gasteiger partial charge in [0, 0.05) is 22.2 Å². The highest BCUT2D eigenvalue weighted by molar-refractivity contribution is 7.92. The summed E-state index contributed by atoms with van der Waals surface area (Å²) in [6, 6.07) is 0.719. The molecule has 0 saturated carbocycles. The first-order chi connectivity index (χ1) is 7.09. The molecular formula is C8H10F3N3OS. The summed E-state index contributed by atoms with van der Waals surface area (Å²) in [5.74, 6) is -0.600.